The lowest BCUT2D eigenvalue weighted by Crippen LogP contribution is -2.40. The first kappa shape index (κ1) is 15.7. The molecule has 104 valence electrons. The van der Waals surface area contributed by atoms with Crippen molar-refractivity contribution in [2.75, 3.05) is 19.0 Å². The third-order valence-electron chi connectivity index (χ3n) is 2.72. The number of nitrogens with zero attached hydrogens (tertiary/aromatic N) is 3. The van der Waals surface area contributed by atoms with Gasteiger partial charge in [-0.1, -0.05) is 50.8 Å². The molecule has 1 aromatic heterocycles. The van der Waals surface area contributed by atoms with Crippen LogP contribution in [0.25, 0.3) is 0 Å². The van der Waals surface area contributed by atoms with Crippen molar-refractivity contribution in [2.45, 2.75) is 49.7 Å². The van der Waals surface area contributed by atoms with E-state index in [-0.39, 0.29) is 11.5 Å². The number of aromatic nitrogens is 2. The number of hydrogen-bond donors (Lipinski definition) is 1. The van der Waals surface area contributed by atoms with Gasteiger partial charge in [0, 0.05) is 25.4 Å². The van der Waals surface area contributed by atoms with Gasteiger partial charge in [-0.3, -0.25) is 0 Å². The van der Waals surface area contributed by atoms with Crippen molar-refractivity contribution in [2.24, 2.45) is 11.1 Å². The normalized spacial score (nSPS) is 15.5. The molecule has 1 heterocycles. The van der Waals surface area contributed by atoms with E-state index in [9.17, 15) is 0 Å². The van der Waals surface area contributed by atoms with Gasteiger partial charge < -0.3 is 10.6 Å². The van der Waals surface area contributed by atoms with E-state index in [0.717, 1.165) is 15.9 Å². The molecule has 0 amide bonds. The average molecular weight is 288 g/mol. The summed E-state index contributed by atoms with van der Waals surface area (Å²) in [6.45, 7) is 8.82. The van der Waals surface area contributed by atoms with Crippen LogP contribution >= 0.6 is 23.1 Å². The van der Waals surface area contributed by atoms with E-state index in [2.05, 4.69) is 37.9 Å². The predicted molar refractivity (Wildman–Crippen MR) is 81.6 cm³/mol. The lowest BCUT2D eigenvalue weighted by Gasteiger charge is -2.33. The summed E-state index contributed by atoms with van der Waals surface area (Å²) in [5, 5.41) is 9.70. The molecule has 0 saturated carbocycles. The minimum Gasteiger partial charge on any atom is -0.353 e. The van der Waals surface area contributed by atoms with E-state index >= 15 is 0 Å². The molecule has 0 spiro atoms. The Morgan fingerprint density at radius 1 is 1.33 bits per heavy atom. The van der Waals surface area contributed by atoms with Crippen molar-refractivity contribution in [3.05, 3.63) is 0 Å². The van der Waals surface area contributed by atoms with Crippen LogP contribution in [0, 0.1) is 5.41 Å². The monoisotopic (exact) mass is 288 g/mol. The molecular formula is C12H24N4S2. The zero-order valence-corrected chi connectivity index (χ0v) is 13.7. The number of anilines is 1. The summed E-state index contributed by atoms with van der Waals surface area (Å²) in [4.78, 5) is 1.98. The number of hydrogen-bond acceptors (Lipinski definition) is 6. The molecule has 4 nitrogen and oxygen atoms in total. The van der Waals surface area contributed by atoms with Gasteiger partial charge in [-0.2, -0.15) is 0 Å². The van der Waals surface area contributed by atoms with E-state index in [0.29, 0.717) is 5.25 Å². The van der Waals surface area contributed by atoms with Gasteiger partial charge in [-0.25, -0.2) is 0 Å². The van der Waals surface area contributed by atoms with Crippen LogP contribution in [0.3, 0.4) is 0 Å². The summed E-state index contributed by atoms with van der Waals surface area (Å²) < 4.78 is 1.00. The number of rotatable bonds is 5. The molecule has 0 fully saturated rings. The molecule has 2 unspecified atom stereocenters. The Balaban J connectivity index is 2.83. The smallest absolute Gasteiger partial charge is 0.208 e. The number of thioether (sulfide) groups is 1. The van der Waals surface area contributed by atoms with Gasteiger partial charge in [0.2, 0.25) is 5.13 Å². The van der Waals surface area contributed by atoms with Crippen LogP contribution in [0.1, 0.15) is 34.1 Å². The second kappa shape index (κ2) is 6.21. The van der Waals surface area contributed by atoms with Crippen LogP contribution in [0.2, 0.25) is 0 Å². The summed E-state index contributed by atoms with van der Waals surface area (Å²) in [5.74, 6) is 0. The maximum absolute atomic E-state index is 6.24. The summed E-state index contributed by atoms with van der Waals surface area (Å²) in [6.07, 6.45) is 0.980. The Bertz CT molecular complexity index is 370. The van der Waals surface area contributed by atoms with E-state index in [1.165, 1.54) is 0 Å². The lowest BCUT2D eigenvalue weighted by molar-refractivity contribution is 0.350. The van der Waals surface area contributed by atoms with Crippen LogP contribution in [-0.4, -0.2) is 35.6 Å². The van der Waals surface area contributed by atoms with Crippen LogP contribution in [0.4, 0.5) is 5.13 Å². The molecule has 0 radical (unpaired) electrons. The SMILES string of the molecule is CCC(N)C(Sc1nnc(N(C)C)s1)C(C)(C)C. The van der Waals surface area contributed by atoms with Crippen molar-refractivity contribution in [1.82, 2.24) is 10.2 Å². The fraction of sp³-hybridized carbons (Fsp3) is 0.833. The summed E-state index contributed by atoms with van der Waals surface area (Å²) in [6, 6.07) is 0.182. The first-order valence-electron chi connectivity index (χ1n) is 6.18. The highest BCUT2D eigenvalue weighted by Gasteiger charge is 2.31. The standard InChI is InChI=1S/C12H24N4S2/c1-7-8(13)9(12(2,3)4)17-11-15-14-10(18-11)16(5)6/h8-9H,7,13H2,1-6H3. The Morgan fingerprint density at radius 3 is 2.33 bits per heavy atom. The fourth-order valence-corrected chi connectivity index (χ4v) is 3.92. The molecule has 2 atom stereocenters. The van der Waals surface area contributed by atoms with Crippen molar-refractivity contribution in [3.8, 4) is 0 Å². The second-order valence-electron chi connectivity index (χ2n) is 5.72. The second-order valence-corrected chi connectivity index (χ2v) is 8.07. The number of nitrogens with two attached hydrogens (primary N) is 1. The third kappa shape index (κ3) is 4.10. The maximum Gasteiger partial charge on any atom is 0.208 e. The first-order chi connectivity index (χ1) is 8.25. The Hall–Kier alpha value is -0.330. The van der Waals surface area contributed by atoms with Crippen molar-refractivity contribution < 1.29 is 0 Å². The lowest BCUT2D eigenvalue weighted by atomic mass is 9.87. The highest BCUT2D eigenvalue weighted by molar-refractivity contribution is 8.01. The highest BCUT2D eigenvalue weighted by atomic mass is 32.2. The summed E-state index contributed by atoms with van der Waals surface area (Å²) >= 11 is 3.38. The van der Waals surface area contributed by atoms with Gasteiger partial charge in [0.05, 0.1) is 0 Å². The quantitative estimate of drug-likeness (QED) is 0.844. The van der Waals surface area contributed by atoms with Crippen LogP contribution < -0.4 is 10.6 Å². The van der Waals surface area contributed by atoms with Crippen LogP contribution in [0.5, 0.6) is 0 Å². The molecule has 1 aromatic rings. The van der Waals surface area contributed by atoms with E-state index in [1.54, 1.807) is 23.1 Å². The molecule has 0 saturated heterocycles. The molecule has 6 heteroatoms. The molecule has 0 aromatic carbocycles. The Labute approximate surface area is 118 Å². The van der Waals surface area contributed by atoms with Gasteiger partial charge in [0.25, 0.3) is 0 Å². The van der Waals surface area contributed by atoms with Gasteiger partial charge >= 0.3 is 0 Å². The van der Waals surface area contributed by atoms with E-state index in [1.807, 2.05) is 19.0 Å². The molecule has 2 N–H and O–H groups in total. The zero-order valence-electron chi connectivity index (χ0n) is 12.1. The van der Waals surface area contributed by atoms with Gasteiger partial charge in [-0.05, 0) is 11.8 Å². The average Bonchev–Trinajstić information content (AvgIpc) is 2.72. The minimum atomic E-state index is 0.157. The zero-order chi connectivity index (χ0) is 13.9. The largest absolute Gasteiger partial charge is 0.353 e. The fourth-order valence-electron chi connectivity index (χ4n) is 1.66. The van der Waals surface area contributed by atoms with Crippen molar-refractivity contribution in [1.29, 1.82) is 0 Å². The van der Waals surface area contributed by atoms with E-state index in [4.69, 9.17) is 5.73 Å². The highest BCUT2D eigenvalue weighted by Crippen LogP contribution is 2.39. The molecule has 0 aliphatic rings. The van der Waals surface area contributed by atoms with Crippen LogP contribution in [-0.2, 0) is 0 Å². The minimum absolute atomic E-state index is 0.157. The van der Waals surface area contributed by atoms with Gasteiger partial charge in [-0.15, -0.1) is 10.2 Å². The van der Waals surface area contributed by atoms with Gasteiger partial charge in [0.15, 0.2) is 4.34 Å². The summed E-state index contributed by atoms with van der Waals surface area (Å²) in [5.41, 5.74) is 6.40. The molecular weight excluding hydrogens is 264 g/mol. The molecule has 0 aliphatic carbocycles. The van der Waals surface area contributed by atoms with Crippen molar-refractivity contribution in [3.63, 3.8) is 0 Å². The Kier molecular flexibility index (Phi) is 5.43. The molecule has 0 aliphatic heterocycles. The van der Waals surface area contributed by atoms with Gasteiger partial charge in [0.1, 0.15) is 0 Å². The third-order valence-corrected chi connectivity index (χ3v) is 5.74. The topological polar surface area (TPSA) is 55.0 Å². The predicted octanol–water partition coefficient (Wildman–Crippen LogP) is 2.85. The molecule has 0 bridgehead atoms. The molecule has 18 heavy (non-hydrogen) atoms. The molecule has 1 rings (SSSR count). The summed E-state index contributed by atoms with van der Waals surface area (Å²) in [7, 11) is 3.96. The Morgan fingerprint density at radius 2 is 1.94 bits per heavy atom. The van der Waals surface area contributed by atoms with Crippen molar-refractivity contribution >= 4 is 28.2 Å². The van der Waals surface area contributed by atoms with E-state index < -0.39 is 0 Å². The first-order valence-corrected chi connectivity index (χ1v) is 7.88. The maximum atomic E-state index is 6.24. The van der Waals surface area contributed by atoms with Crippen LogP contribution in [0.15, 0.2) is 4.34 Å².